The lowest BCUT2D eigenvalue weighted by Crippen LogP contribution is -2.48. The SMILES string of the molecule is COCCn1cnc2cc(N3CCN(C(=O)c4ccc5ncsc5c4)CC3)ccc2c1=O. The van der Waals surface area contributed by atoms with Crippen molar-refractivity contribution >= 4 is 44.1 Å². The zero-order valence-electron chi connectivity index (χ0n) is 17.7. The molecule has 5 rings (SSSR count). The number of hydrogen-bond acceptors (Lipinski definition) is 7. The topological polar surface area (TPSA) is 80.6 Å². The molecule has 0 bridgehead atoms. The second kappa shape index (κ2) is 8.68. The molecule has 1 saturated heterocycles. The Morgan fingerprint density at radius 3 is 2.72 bits per heavy atom. The van der Waals surface area contributed by atoms with Gasteiger partial charge in [-0.2, -0.15) is 0 Å². The molecule has 0 aliphatic carbocycles. The number of benzene rings is 2. The van der Waals surface area contributed by atoms with Gasteiger partial charge in [0.2, 0.25) is 0 Å². The van der Waals surface area contributed by atoms with Crippen LogP contribution in [-0.4, -0.2) is 65.2 Å². The number of fused-ring (bicyclic) bond motifs is 2. The first kappa shape index (κ1) is 20.6. The van der Waals surface area contributed by atoms with Crippen LogP contribution in [0.3, 0.4) is 0 Å². The number of anilines is 1. The van der Waals surface area contributed by atoms with Crippen LogP contribution in [0.25, 0.3) is 21.1 Å². The molecule has 3 heterocycles. The fraction of sp³-hybridized carbons (Fsp3) is 0.304. The van der Waals surface area contributed by atoms with Gasteiger partial charge in [0.15, 0.2) is 0 Å². The molecule has 32 heavy (non-hydrogen) atoms. The normalized spacial score (nSPS) is 14.4. The van der Waals surface area contributed by atoms with Gasteiger partial charge < -0.3 is 14.5 Å². The highest BCUT2D eigenvalue weighted by Gasteiger charge is 2.23. The molecule has 164 valence electrons. The number of ether oxygens (including phenoxy) is 1. The van der Waals surface area contributed by atoms with Crippen LogP contribution in [-0.2, 0) is 11.3 Å². The van der Waals surface area contributed by atoms with E-state index in [9.17, 15) is 9.59 Å². The van der Waals surface area contributed by atoms with Gasteiger partial charge in [-0.15, -0.1) is 11.3 Å². The summed E-state index contributed by atoms with van der Waals surface area (Å²) in [6, 6.07) is 11.4. The molecule has 0 N–H and O–H groups in total. The zero-order valence-corrected chi connectivity index (χ0v) is 18.5. The standard InChI is InChI=1S/C23H23N5O3S/c1-31-11-10-28-14-24-20-13-17(3-4-18(20)23(28)30)26-6-8-27(9-7-26)22(29)16-2-5-19-21(12-16)32-15-25-19/h2-5,12-15H,6-11H2,1H3. The van der Waals surface area contributed by atoms with Gasteiger partial charge in [0, 0.05) is 44.5 Å². The number of carbonyl (C=O) groups is 1. The van der Waals surface area contributed by atoms with E-state index in [2.05, 4.69) is 14.9 Å². The Bertz CT molecular complexity index is 1340. The quantitative estimate of drug-likeness (QED) is 0.466. The lowest BCUT2D eigenvalue weighted by Gasteiger charge is -2.36. The Balaban J connectivity index is 1.29. The minimum atomic E-state index is -0.0630. The van der Waals surface area contributed by atoms with Crippen molar-refractivity contribution in [3.63, 3.8) is 0 Å². The van der Waals surface area contributed by atoms with Crippen LogP contribution in [0.15, 0.2) is 53.0 Å². The zero-order chi connectivity index (χ0) is 22.1. The van der Waals surface area contributed by atoms with Gasteiger partial charge in [0.1, 0.15) is 0 Å². The number of rotatable bonds is 5. The third-order valence-corrected chi connectivity index (χ3v) is 6.65. The third-order valence-electron chi connectivity index (χ3n) is 5.86. The lowest BCUT2D eigenvalue weighted by atomic mass is 10.1. The number of nitrogens with zero attached hydrogens (tertiary/aromatic N) is 5. The predicted molar refractivity (Wildman–Crippen MR) is 126 cm³/mol. The number of carbonyl (C=O) groups excluding carboxylic acids is 1. The van der Waals surface area contributed by atoms with Gasteiger partial charge in [-0.05, 0) is 36.4 Å². The number of piperazine rings is 1. The van der Waals surface area contributed by atoms with Crippen molar-refractivity contribution in [3.8, 4) is 0 Å². The van der Waals surface area contributed by atoms with Gasteiger partial charge in [0.25, 0.3) is 11.5 Å². The van der Waals surface area contributed by atoms with Crippen LogP contribution in [0.5, 0.6) is 0 Å². The Morgan fingerprint density at radius 1 is 1.06 bits per heavy atom. The molecule has 2 aromatic heterocycles. The van der Waals surface area contributed by atoms with Crippen LogP contribution in [0.4, 0.5) is 5.69 Å². The molecule has 1 fully saturated rings. The van der Waals surface area contributed by atoms with Crippen LogP contribution >= 0.6 is 11.3 Å². The summed E-state index contributed by atoms with van der Waals surface area (Å²) in [7, 11) is 1.61. The third kappa shape index (κ3) is 3.85. The predicted octanol–water partition coefficient (Wildman–Crippen LogP) is 2.62. The van der Waals surface area contributed by atoms with Gasteiger partial charge in [-0.3, -0.25) is 14.2 Å². The Kier molecular flexibility index (Phi) is 5.59. The molecule has 1 amide bonds. The van der Waals surface area contributed by atoms with E-state index in [0.717, 1.165) is 29.0 Å². The summed E-state index contributed by atoms with van der Waals surface area (Å²) in [6.07, 6.45) is 1.57. The first-order chi connectivity index (χ1) is 15.6. The van der Waals surface area contributed by atoms with E-state index in [1.807, 2.05) is 41.3 Å². The number of hydrogen-bond donors (Lipinski definition) is 0. The molecule has 0 saturated carbocycles. The molecule has 0 spiro atoms. The van der Waals surface area contributed by atoms with E-state index in [0.29, 0.717) is 42.7 Å². The summed E-state index contributed by atoms with van der Waals surface area (Å²) in [4.78, 5) is 38.5. The summed E-state index contributed by atoms with van der Waals surface area (Å²) in [6.45, 7) is 3.68. The second-order valence-corrected chi connectivity index (χ2v) is 8.64. The fourth-order valence-corrected chi connectivity index (χ4v) is 4.75. The first-order valence-electron chi connectivity index (χ1n) is 10.5. The van der Waals surface area contributed by atoms with Crippen molar-refractivity contribution in [2.75, 3.05) is 44.8 Å². The van der Waals surface area contributed by atoms with Crippen LogP contribution in [0.2, 0.25) is 0 Å². The van der Waals surface area contributed by atoms with E-state index in [1.54, 1.807) is 34.9 Å². The van der Waals surface area contributed by atoms with E-state index < -0.39 is 0 Å². The van der Waals surface area contributed by atoms with Crippen molar-refractivity contribution < 1.29 is 9.53 Å². The van der Waals surface area contributed by atoms with Crippen molar-refractivity contribution in [2.24, 2.45) is 0 Å². The van der Waals surface area contributed by atoms with Gasteiger partial charge in [-0.25, -0.2) is 9.97 Å². The minimum Gasteiger partial charge on any atom is -0.383 e. The summed E-state index contributed by atoms with van der Waals surface area (Å²) in [5.74, 6) is 0.0525. The molecule has 4 aromatic rings. The van der Waals surface area contributed by atoms with Crippen molar-refractivity contribution in [2.45, 2.75) is 6.54 Å². The molecule has 0 radical (unpaired) electrons. The molecule has 0 unspecified atom stereocenters. The van der Waals surface area contributed by atoms with Gasteiger partial charge in [-0.1, -0.05) is 0 Å². The van der Waals surface area contributed by atoms with Gasteiger partial charge in [0.05, 0.1) is 46.1 Å². The number of methoxy groups -OCH3 is 1. The largest absolute Gasteiger partial charge is 0.383 e. The lowest BCUT2D eigenvalue weighted by molar-refractivity contribution is 0.0747. The van der Waals surface area contributed by atoms with Crippen LogP contribution in [0.1, 0.15) is 10.4 Å². The minimum absolute atomic E-state index is 0.0525. The molecule has 1 aliphatic rings. The summed E-state index contributed by atoms with van der Waals surface area (Å²) < 4.78 is 7.65. The van der Waals surface area contributed by atoms with E-state index in [4.69, 9.17) is 4.74 Å². The molecule has 8 nitrogen and oxygen atoms in total. The molecular weight excluding hydrogens is 426 g/mol. The maximum atomic E-state index is 13.0. The Hall–Kier alpha value is -3.30. The summed E-state index contributed by atoms with van der Waals surface area (Å²) in [5.41, 5.74) is 5.05. The maximum Gasteiger partial charge on any atom is 0.261 e. The molecular formula is C23H23N5O3S. The smallest absolute Gasteiger partial charge is 0.261 e. The molecule has 1 aliphatic heterocycles. The average Bonchev–Trinajstić information content (AvgIpc) is 3.31. The van der Waals surface area contributed by atoms with E-state index in [-0.39, 0.29) is 11.5 Å². The van der Waals surface area contributed by atoms with E-state index in [1.165, 1.54) is 0 Å². The van der Waals surface area contributed by atoms with Crippen LogP contribution in [0, 0.1) is 0 Å². The Labute approximate surface area is 188 Å². The first-order valence-corrected chi connectivity index (χ1v) is 11.4. The summed E-state index contributed by atoms with van der Waals surface area (Å²) in [5, 5.41) is 0.597. The van der Waals surface area contributed by atoms with Crippen molar-refractivity contribution in [1.29, 1.82) is 0 Å². The highest BCUT2D eigenvalue weighted by Crippen LogP contribution is 2.23. The number of thiazole rings is 1. The average molecular weight is 450 g/mol. The highest BCUT2D eigenvalue weighted by molar-refractivity contribution is 7.16. The van der Waals surface area contributed by atoms with Crippen molar-refractivity contribution in [1.82, 2.24) is 19.4 Å². The van der Waals surface area contributed by atoms with Gasteiger partial charge >= 0.3 is 0 Å². The highest BCUT2D eigenvalue weighted by atomic mass is 32.1. The van der Waals surface area contributed by atoms with E-state index >= 15 is 0 Å². The molecule has 2 aromatic carbocycles. The maximum absolute atomic E-state index is 13.0. The summed E-state index contributed by atoms with van der Waals surface area (Å²) >= 11 is 1.54. The second-order valence-electron chi connectivity index (χ2n) is 7.75. The number of aromatic nitrogens is 3. The molecule has 9 heteroatoms. The van der Waals surface area contributed by atoms with Crippen molar-refractivity contribution in [3.05, 3.63) is 64.2 Å². The Morgan fingerprint density at radius 2 is 1.91 bits per heavy atom. The fourth-order valence-electron chi connectivity index (χ4n) is 4.03. The molecule has 0 atom stereocenters. The van der Waals surface area contributed by atoms with Crippen LogP contribution < -0.4 is 10.5 Å². The monoisotopic (exact) mass is 449 g/mol. The number of amides is 1.